The molecule has 0 aliphatic rings. The van der Waals surface area contributed by atoms with E-state index in [4.69, 9.17) is 18.0 Å². The van der Waals surface area contributed by atoms with Crippen molar-refractivity contribution in [2.75, 3.05) is 12.3 Å². The molecule has 15 heavy (non-hydrogen) atoms. The van der Waals surface area contributed by atoms with Crippen LogP contribution in [0.3, 0.4) is 0 Å². The fourth-order valence-electron chi connectivity index (χ4n) is 1.20. The number of unbranched alkanes of at least 4 members (excludes halogenated alkanes) is 1. The zero-order chi connectivity index (χ0) is 12.1. The molecule has 0 aromatic rings. The highest BCUT2D eigenvalue weighted by Crippen LogP contribution is 2.09. The van der Waals surface area contributed by atoms with E-state index in [2.05, 4.69) is 0 Å². The van der Waals surface area contributed by atoms with Crippen LogP contribution in [0.1, 0.15) is 33.6 Å². The number of nitrogens with two attached hydrogens (primary N) is 1. The van der Waals surface area contributed by atoms with Crippen LogP contribution in [0.5, 0.6) is 0 Å². The molecule has 0 atom stereocenters. The maximum atomic E-state index is 11.9. The van der Waals surface area contributed by atoms with Crippen molar-refractivity contribution < 1.29 is 8.42 Å². The van der Waals surface area contributed by atoms with Gasteiger partial charge in [0.15, 0.2) is 0 Å². The fraction of sp³-hybridized carbons (Fsp3) is 0.889. The van der Waals surface area contributed by atoms with E-state index in [1.54, 1.807) is 0 Å². The number of hydrogen-bond donors (Lipinski definition) is 1. The molecule has 0 spiro atoms. The van der Waals surface area contributed by atoms with Crippen LogP contribution in [0.15, 0.2) is 0 Å². The lowest BCUT2D eigenvalue weighted by Gasteiger charge is -2.25. The lowest BCUT2D eigenvalue weighted by Crippen LogP contribution is -2.43. The van der Waals surface area contributed by atoms with E-state index in [-0.39, 0.29) is 23.3 Å². The van der Waals surface area contributed by atoms with Crippen molar-refractivity contribution in [3.05, 3.63) is 0 Å². The van der Waals surface area contributed by atoms with Crippen LogP contribution in [0.4, 0.5) is 0 Å². The molecule has 6 heteroatoms. The van der Waals surface area contributed by atoms with Gasteiger partial charge in [0.25, 0.3) is 0 Å². The van der Waals surface area contributed by atoms with Gasteiger partial charge in [-0.1, -0.05) is 25.6 Å². The number of nitrogens with zero attached hydrogens (tertiary/aromatic N) is 1. The fourth-order valence-corrected chi connectivity index (χ4v) is 3.29. The van der Waals surface area contributed by atoms with Crippen molar-refractivity contribution in [3.63, 3.8) is 0 Å². The first-order chi connectivity index (χ1) is 6.81. The van der Waals surface area contributed by atoms with Crippen molar-refractivity contribution in [2.45, 2.75) is 39.7 Å². The first kappa shape index (κ1) is 14.8. The molecule has 0 aliphatic carbocycles. The first-order valence-corrected chi connectivity index (χ1v) is 7.10. The van der Waals surface area contributed by atoms with Gasteiger partial charge >= 0.3 is 0 Å². The van der Waals surface area contributed by atoms with Crippen LogP contribution in [0.25, 0.3) is 0 Å². The number of hydrogen-bond acceptors (Lipinski definition) is 3. The molecule has 0 saturated heterocycles. The van der Waals surface area contributed by atoms with Gasteiger partial charge in [0.05, 0.1) is 17.3 Å². The van der Waals surface area contributed by atoms with Crippen molar-refractivity contribution in [1.82, 2.24) is 4.31 Å². The molecule has 0 radical (unpaired) electrons. The van der Waals surface area contributed by atoms with Crippen molar-refractivity contribution in [3.8, 4) is 0 Å². The largest absolute Gasteiger partial charge is 0.392 e. The number of sulfonamides is 1. The Morgan fingerprint density at radius 2 is 2.00 bits per heavy atom. The normalized spacial score (nSPS) is 12.3. The maximum Gasteiger partial charge on any atom is 0.214 e. The summed E-state index contributed by atoms with van der Waals surface area (Å²) in [4.78, 5) is 0.212. The lowest BCUT2D eigenvalue weighted by molar-refractivity contribution is 0.390. The Balaban J connectivity index is 4.67. The molecule has 0 rings (SSSR count). The zero-order valence-corrected chi connectivity index (χ0v) is 11.2. The van der Waals surface area contributed by atoms with E-state index in [9.17, 15) is 8.42 Å². The zero-order valence-electron chi connectivity index (χ0n) is 9.56. The van der Waals surface area contributed by atoms with Crippen molar-refractivity contribution in [2.24, 2.45) is 5.73 Å². The van der Waals surface area contributed by atoms with Crippen LogP contribution in [0, 0.1) is 0 Å². The molecule has 0 heterocycles. The van der Waals surface area contributed by atoms with Gasteiger partial charge < -0.3 is 5.73 Å². The summed E-state index contributed by atoms with van der Waals surface area (Å²) in [5.41, 5.74) is 5.38. The average molecular weight is 252 g/mol. The van der Waals surface area contributed by atoms with E-state index in [0.717, 1.165) is 6.42 Å². The lowest BCUT2D eigenvalue weighted by atomic mass is 10.4. The maximum absolute atomic E-state index is 11.9. The van der Waals surface area contributed by atoms with Crippen molar-refractivity contribution in [1.29, 1.82) is 0 Å². The van der Waals surface area contributed by atoms with E-state index in [0.29, 0.717) is 6.42 Å². The molecular weight excluding hydrogens is 232 g/mol. The number of rotatable bonds is 7. The minimum absolute atomic E-state index is 0.103. The molecule has 0 fully saturated rings. The van der Waals surface area contributed by atoms with E-state index < -0.39 is 10.0 Å². The minimum Gasteiger partial charge on any atom is -0.392 e. The molecule has 0 aromatic carbocycles. The second-order valence-electron chi connectivity index (χ2n) is 3.77. The molecule has 0 aliphatic heterocycles. The summed E-state index contributed by atoms with van der Waals surface area (Å²) in [6, 6.07) is -0.103. The average Bonchev–Trinajstić information content (AvgIpc) is 2.10. The molecule has 4 nitrogen and oxygen atoms in total. The van der Waals surface area contributed by atoms with Gasteiger partial charge in [-0.05, 0) is 20.3 Å². The van der Waals surface area contributed by atoms with Crippen molar-refractivity contribution >= 4 is 27.2 Å². The van der Waals surface area contributed by atoms with Gasteiger partial charge in [-0.15, -0.1) is 0 Å². The topological polar surface area (TPSA) is 63.4 Å². The Morgan fingerprint density at radius 1 is 1.47 bits per heavy atom. The van der Waals surface area contributed by atoms with Gasteiger partial charge in [-0.25, -0.2) is 8.42 Å². The summed E-state index contributed by atoms with van der Waals surface area (Å²) < 4.78 is 25.1. The molecule has 2 N–H and O–H groups in total. The van der Waals surface area contributed by atoms with Crippen LogP contribution in [-0.4, -0.2) is 36.1 Å². The molecule has 0 saturated carbocycles. The molecule has 0 amide bonds. The third kappa shape index (κ3) is 5.44. The Kier molecular flexibility index (Phi) is 6.31. The second kappa shape index (κ2) is 6.40. The quantitative estimate of drug-likeness (QED) is 0.690. The van der Waals surface area contributed by atoms with Gasteiger partial charge in [-0.2, -0.15) is 4.31 Å². The summed E-state index contributed by atoms with van der Waals surface area (Å²) >= 11 is 4.74. The van der Waals surface area contributed by atoms with E-state index in [1.165, 1.54) is 4.31 Å². The number of thiocarbonyl (C=S) groups is 1. The van der Waals surface area contributed by atoms with Gasteiger partial charge in [0.1, 0.15) is 0 Å². The molecule has 0 aromatic heterocycles. The molecular formula is C9H20N2O2S2. The Hall–Kier alpha value is -0.200. The van der Waals surface area contributed by atoms with Gasteiger partial charge in [0, 0.05) is 6.04 Å². The Labute approximate surface area is 97.9 Å². The minimum atomic E-state index is -3.21. The molecule has 90 valence electrons. The summed E-state index contributed by atoms with van der Waals surface area (Å²) in [5, 5.41) is 0. The highest BCUT2D eigenvalue weighted by Gasteiger charge is 2.24. The monoisotopic (exact) mass is 252 g/mol. The van der Waals surface area contributed by atoms with Gasteiger partial charge in [-0.3, -0.25) is 0 Å². The predicted octanol–water partition coefficient (Wildman–Crippen LogP) is 1.11. The van der Waals surface area contributed by atoms with Crippen LogP contribution in [0.2, 0.25) is 0 Å². The van der Waals surface area contributed by atoms with Crippen LogP contribution >= 0.6 is 12.2 Å². The van der Waals surface area contributed by atoms with Crippen LogP contribution < -0.4 is 5.73 Å². The smallest absolute Gasteiger partial charge is 0.214 e. The Morgan fingerprint density at radius 3 is 2.33 bits per heavy atom. The molecule has 0 unspecified atom stereocenters. The third-order valence-corrected chi connectivity index (χ3v) is 4.20. The standard InChI is InChI=1S/C9H20N2O2S2/c1-4-5-6-15(12,13)11(8(2)3)7-9(10)14/h8H,4-7H2,1-3H3,(H2,10,14). The SMILES string of the molecule is CCCCS(=O)(=O)N(CC(N)=S)C(C)C. The third-order valence-electron chi connectivity index (χ3n) is 2.00. The summed E-state index contributed by atoms with van der Waals surface area (Å²) in [5.74, 6) is 0.171. The van der Waals surface area contributed by atoms with E-state index >= 15 is 0 Å². The highest BCUT2D eigenvalue weighted by molar-refractivity contribution is 7.89. The van der Waals surface area contributed by atoms with E-state index in [1.807, 2.05) is 20.8 Å². The summed E-state index contributed by atoms with van der Waals surface area (Å²) in [6.45, 7) is 5.74. The second-order valence-corrected chi connectivity index (χ2v) is 6.34. The summed E-state index contributed by atoms with van der Waals surface area (Å²) in [6.07, 6.45) is 1.53. The molecule has 0 bridgehead atoms. The predicted molar refractivity (Wildman–Crippen MR) is 67.3 cm³/mol. The highest BCUT2D eigenvalue weighted by atomic mass is 32.2. The first-order valence-electron chi connectivity index (χ1n) is 5.09. The Bertz CT molecular complexity index is 299. The van der Waals surface area contributed by atoms with Crippen LogP contribution in [-0.2, 0) is 10.0 Å². The summed E-state index contributed by atoms with van der Waals surface area (Å²) in [7, 11) is -3.21. The van der Waals surface area contributed by atoms with Gasteiger partial charge in [0.2, 0.25) is 10.0 Å².